The summed E-state index contributed by atoms with van der Waals surface area (Å²) < 4.78 is 50.3. The fourth-order valence-electron chi connectivity index (χ4n) is 1.43. The average Bonchev–Trinajstić information content (AvgIpc) is 2.36. The molecule has 0 saturated heterocycles. The first-order chi connectivity index (χ1) is 9.34. The largest absolute Gasteiger partial charge is 0.573 e. The Hall–Kier alpha value is -2.43. The Kier molecular flexibility index (Phi) is 4.80. The van der Waals surface area contributed by atoms with Gasteiger partial charge in [0.25, 0.3) is 0 Å². The topological polar surface area (TPSA) is 68.5 Å². The number of methoxy groups -OCH3 is 1. The molecule has 0 aliphatic rings. The van der Waals surface area contributed by atoms with Gasteiger partial charge in [0.2, 0.25) is 0 Å². The molecule has 0 bridgehead atoms. The van der Waals surface area contributed by atoms with Gasteiger partial charge in [-0.1, -0.05) is 0 Å². The number of rotatable bonds is 4. The number of hydrogen-bond acceptors (Lipinski definition) is 5. The van der Waals surface area contributed by atoms with Gasteiger partial charge in [-0.15, -0.1) is 13.2 Å². The third-order valence-electron chi connectivity index (χ3n) is 2.16. The van der Waals surface area contributed by atoms with Crippen LogP contribution in [0.1, 0.15) is 22.8 Å². The molecular formula is C12H10F3NO4. The molecule has 0 N–H and O–H groups in total. The van der Waals surface area contributed by atoms with Crippen molar-refractivity contribution in [3.63, 3.8) is 0 Å². The lowest BCUT2D eigenvalue weighted by molar-refractivity contribution is -0.274. The number of ether oxygens (including phenoxy) is 3. The zero-order chi connectivity index (χ0) is 15.3. The highest BCUT2D eigenvalue weighted by Crippen LogP contribution is 2.35. The maximum absolute atomic E-state index is 12.4. The van der Waals surface area contributed by atoms with Crippen LogP contribution in [-0.2, 0) is 4.74 Å². The number of nitriles is 1. The second kappa shape index (κ2) is 6.14. The first-order valence-corrected chi connectivity index (χ1v) is 5.38. The Morgan fingerprint density at radius 3 is 2.50 bits per heavy atom. The molecule has 20 heavy (non-hydrogen) atoms. The van der Waals surface area contributed by atoms with E-state index in [2.05, 4.69) is 9.47 Å². The molecule has 0 aliphatic heterocycles. The summed E-state index contributed by atoms with van der Waals surface area (Å²) in [6, 6.07) is 3.75. The Morgan fingerprint density at radius 1 is 1.40 bits per heavy atom. The summed E-state index contributed by atoms with van der Waals surface area (Å²) in [4.78, 5) is 11.6. The van der Waals surface area contributed by atoms with Crippen LogP contribution in [0.5, 0.6) is 11.5 Å². The second-order valence-corrected chi connectivity index (χ2v) is 3.40. The van der Waals surface area contributed by atoms with Crippen LogP contribution in [0.3, 0.4) is 0 Å². The molecule has 1 aromatic rings. The standard InChI is InChI=1S/C12H10F3NO4/c1-3-19-11(17)7-4-5-9(18-2)8(6-16)10(7)20-12(13,14)15/h4-5H,3H2,1-2H3. The molecule has 0 amide bonds. The van der Waals surface area contributed by atoms with Gasteiger partial charge in [0.15, 0.2) is 5.75 Å². The quantitative estimate of drug-likeness (QED) is 0.797. The van der Waals surface area contributed by atoms with Crippen LogP contribution in [0.4, 0.5) is 13.2 Å². The second-order valence-electron chi connectivity index (χ2n) is 3.40. The van der Waals surface area contributed by atoms with E-state index in [9.17, 15) is 18.0 Å². The van der Waals surface area contributed by atoms with Crippen molar-refractivity contribution in [1.82, 2.24) is 0 Å². The molecule has 0 aromatic heterocycles. The van der Waals surface area contributed by atoms with Crippen molar-refractivity contribution in [2.75, 3.05) is 13.7 Å². The molecule has 0 radical (unpaired) electrons. The van der Waals surface area contributed by atoms with Gasteiger partial charge in [-0.25, -0.2) is 4.79 Å². The van der Waals surface area contributed by atoms with Crippen LogP contribution in [0.15, 0.2) is 12.1 Å². The first-order valence-electron chi connectivity index (χ1n) is 5.38. The first kappa shape index (κ1) is 15.6. The fraction of sp³-hybridized carbons (Fsp3) is 0.333. The van der Waals surface area contributed by atoms with Crippen LogP contribution in [-0.4, -0.2) is 26.0 Å². The van der Waals surface area contributed by atoms with Gasteiger partial charge in [-0.2, -0.15) is 5.26 Å². The Labute approximate surface area is 112 Å². The van der Waals surface area contributed by atoms with Gasteiger partial charge < -0.3 is 14.2 Å². The summed E-state index contributed by atoms with van der Waals surface area (Å²) >= 11 is 0. The summed E-state index contributed by atoms with van der Waals surface area (Å²) in [6.07, 6.45) is -5.06. The molecule has 1 rings (SSSR count). The maximum Gasteiger partial charge on any atom is 0.573 e. The van der Waals surface area contributed by atoms with E-state index in [-0.39, 0.29) is 12.4 Å². The summed E-state index contributed by atoms with van der Waals surface area (Å²) in [5.41, 5.74) is -1.03. The zero-order valence-corrected chi connectivity index (χ0v) is 10.6. The van der Waals surface area contributed by atoms with Crippen molar-refractivity contribution < 1.29 is 32.2 Å². The summed E-state index contributed by atoms with van der Waals surface area (Å²) in [7, 11) is 1.18. The lowest BCUT2D eigenvalue weighted by atomic mass is 10.1. The van der Waals surface area contributed by atoms with Crippen LogP contribution in [0, 0.1) is 11.3 Å². The average molecular weight is 289 g/mol. The van der Waals surface area contributed by atoms with Gasteiger partial charge in [0.1, 0.15) is 22.9 Å². The number of halogens is 3. The fourth-order valence-corrected chi connectivity index (χ4v) is 1.43. The molecule has 0 saturated carbocycles. The minimum absolute atomic E-state index is 0.0296. The lowest BCUT2D eigenvalue weighted by Gasteiger charge is -2.15. The number of carbonyl (C=O) groups is 1. The van der Waals surface area contributed by atoms with E-state index in [1.807, 2.05) is 0 Å². The van der Waals surface area contributed by atoms with E-state index in [1.165, 1.54) is 26.2 Å². The molecule has 0 aliphatic carbocycles. The van der Waals surface area contributed by atoms with E-state index in [4.69, 9.17) is 10.00 Å². The molecule has 0 spiro atoms. The normalized spacial score (nSPS) is 10.6. The van der Waals surface area contributed by atoms with Gasteiger partial charge in [-0.05, 0) is 19.1 Å². The van der Waals surface area contributed by atoms with Crippen molar-refractivity contribution in [2.45, 2.75) is 13.3 Å². The van der Waals surface area contributed by atoms with E-state index in [0.717, 1.165) is 6.07 Å². The number of esters is 1. The minimum atomic E-state index is -5.06. The maximum atomic E-state index is 12.4. The Morgan fingerprint density at radius 2 is 2.05 bits per heavy atom. The predicted octanol–water partition coefficient (Wildman–Crippen LogP) is 2.64. The third-order valence-corrected chi connectivity index (χ3v) is 2.16. The van der Waals surface area contributed by atoms with E-state index in [1.54, 1.807) is 0 Å². The molecule has 0 heterocycles. The molecule has 1 aromatic carbocycles. The van der Waals surface area contributed by atoms with Crippen molar-refractivity contribution in [1.29, 1.82) is 5.26 Å². The minimum Gasteiger partial charge on any atom is -0.495 e. The highest BCUT2D eigenvalue weighted by atomic mass is 19.4. The highest BCUT2D eigenvalue weighted by Gasteiger charge is 2.35. The van der Waals surface area contributed by atoms with Crippen LogP contribution in [0.2, 0.25) is 0 Å². The lowest BCUT2D eigenvalue weighted by Crippen LogP contribution is -2.20. The van der Waals surface area contributed by atoms with Crippen molar-refractivity contribution in [2.24, 2.45) is 0 Å². The SMILES string of the molecule is CCOC(=O)c1ccc(OC)c(C#N)c1OC(F)(F)F. The summed E-state index contributed by atoms with van der Waals surface area (Å²) in [5, 5.41) is 8.93. The van der Waals surface area contributed by atoms with E-state index >= 15 is 0 Å². The van der Waals surface area contributed by atoms with Crippen LogP contribution >= 0.6 is 0 Å². The Bertz CT molecular complexity index is 549. The van der Waals surface area contributed by atoms with Crippen molar-refractivity contribution in [3.8, 4) is 17.6 Å². The zero-order valence-electron chi connectivity index (χ0n) is 10.6. The number of alkyl halides is 3. The summed E-state index contributed by atoms with van der Waals surface area (Å²) in [6.45, 7) is 1.47. The van der Waals surface area contributed by atoms with Crippen LogP contribution in [0.25, 0.3) is 0 Å². The van der Waals surface area contributed by atoms with Crippen molar-refractivity contribution in [3.05, 3.63) is 23.3 Å². The van der Waals surface area contributed by atoms with Crippen LogP contribution < -0.4 is 9.47 Å². The van der Waals surface area contributed by atoms with Gasteiger partial charge in [0.05, 0.1) is 13.7 Å². The molecular weight excluding hydrogens is 279 g/mol. The number of carbonyl (C=O) groups excluding carboxylic acids is 1. The predicted molar refractivity (Wildman–Crippen MR) is 60.3 cm³/mol. The molecule has 8 heteroatoms. The number of nitrogens with zero attached hydrogens (tertiary/aromatic N) is 1. The highest BCUT2D eigenvalue weighted by molar-refractivity contribution is 5.94. The third kappa shape index (κ3) is 3.54. The molecule has 0 atom stereocenters. The van der Waals surface area contributed by atoms with Gasteiger partial charge in [-0.3, -0.25) is 0 Å². The molecule has 0 fully saturated rings. The monoisotopic (exact) mass is 289 g/mol. The number of benzene rings is 1. The van der Waals surface area contributed by atoms with Gasteiger partial charge >= 0.3 is 12.3 Å². The molecule has 108 valence electrons. The summed E-state index contributed by atoms with van der Waals surface area (Å²) in [5.74, 6) is -2.09. The van der Waals surface area contributed by atoms with Crippen molar-refractivity contribution >= 4 is 5.97 Å². The van der Waals surface area contributed by atoms with E-state index in [0.29, 0.717) is 0 Å². The molecule has 0 unspecified atom stereocenters. The smallest absolute Gasteiger partial charge is 0.495 e. The number of hydrogen-bond donors (Lipinski definition) is 0. The van der Waals surface area contributed by atoms with E-state index < -0.39 is 29.2 Å². The Balaban J connectivity index is 3.45. The van der Waals surface area contributed by atoms with Gasteiger partial charge in [0, 0.05) is 0 Å². The molecule has 5 nitrogen and oxygen atoms in total.